The number of carbonyl (C=O) groups excluding carboxylic acids is 8. The molecule has 3 saturated heterocycles. The molecule has 26 nitrogen and oxygen atoms in total. The smallest absolute Gasteiger partial charge is 0.317 e. The van der Waals surface area contributed by atoms with Crippen molar-refractivity contribution in [2.75, 3.05) is 150 Å². The van der Waals surface area contributed by atoms with Gasteiger partial charge in [0.1, 0.15) is 31.4 Å². The molecule has 0 saturated carbocycles. The minimum absolute atomic E-state index is 0.0206. The van der Waals surface area contributed by atoms with Gasteiger partial charge in [0.25, 0.3) is 30.7 Å². The van der Waals surface area contributed by atoms with E-state index in [2.05, 4.69) is 32.2 Å². The van der Waals surface area contributed by atoms with E-state index in [9.17, 15) is 62.1 Å². The van der Waals surface area contributed by atoms with Gasteiger partial charge in [-0.1, -0.05) is 35.7 Å². The molecule has 0 spiro atoms. The molecule has 2 aromatic carbocycles. The van der Waals surface area contributed by atoms with Crippen molar-refractivity contribution in [1.29, 1.82) is 0 Å². The van der Waals surface area contributed by atoms with Crippen LogP contribution in [0.1, 0.15) is 72.9 Å². The fraction of sp³-hybridized carbons (Fsp3) is 0.594. The second-order valence-electron chi connectivity index (χ2n) is 23.3. The highest BCUT2D eigenvalue weighted by Gasteiger charge is 2.46. The fourth-order valence-corrected chi connectivity index (χ4v) is 11.8. The number of hydrogen-bond donors (Lipinski definition) is 6. The lowest BCUT2D eigenvalue weighted by Gasteiger charge is -2.33. The number of thioether (sulfide) groups is 1. The van der Waals surface area contributed by atoms with E-state index in [1.54, 1.807) is 28.0 Å². The molecule has 6 N–H and O–H groups in total. The van der Waals surface area contributed by atoms with Gasteiger partial charge in [-0.3, -0.25) is 67.7 Å². The Bertz CT molecular complexity index is 2960. The number of amides is 6. The van der Waals surface area contributed by atoms with E-state index in [1.165, 1.54) is 24.0 Å². The molecule has 3 aliphatic rings. The summed E-state index contributed by atoms with van der Waals surface area (Å²) in [6.45, 7) is 5.37. The van der Waals surface area contributed by atoms with Crippen molar-refractivity contribution in [3.63, 3.8) is 0 Å². The van der Waals surface area contributed by atoms with Crippen LogP contribution < -0.4 is 26.0 Å². The zero-order chi connectivity index (χ0) is 67.0. The normalized spacial score (nSPS) is 17.8. The zero-order valence-electron chi connectivity index (χ0n) is 52.9. The van der Waals surface area contributed by atoms with Gasteiger partial charge in [0.2, 0.25) is 23.6 Å². The number of carbonyl (C=O) groups is 9. The van der Waals surface area contributed by atoms with E-state index >= 15 is 0 Å². The molecule has 0 bridgehead atoms. The van der Waals surface area contributed by atoms with Crippen LogP contribution in [0.25, 0.3) is 10.9 Å². The number of carboxylic acids is 1. The molecule has 93 heavy (non-hydrogen) atoms. The van der Waals surface area contributed by atoms with E-state index in [0.29, 0.717) is 119 Å². The van der Waals surface area contributed by atoms with Gasteiger partial charge in [-0.05, 0) is 87.6 Å². The van der Waals surface area contributed by atoms with Crippen molar-refractivity contribution in [1.82, 2.24) is 55.7 Å². The Morgan fingerprint density at radius 1 is 0.806 bits per heavy atom. The largest absolute Gasteiger partial charge is 0.494 e. The summed E-state index contributed by atoms with van der Waals surface area (Å²) in [6, 6.07) is 12.7. The predicted molar refractivity (Wildman–Crippen MR) is 341 cm³/mol. The number of aliphatic carboxylic acids is 1. The summed E-state index contributed by atoms with van der Waals surface area (Å²) in [4.78, 5) is 128. The van der Waals surface area contributed by atoms with Gasteiger partial charge in [0, 0.05) is 121 Å². The summed E-state index contributed by atoms with van der Waals surface area (Å²) in [6.07, 6.45) is 9.81. The quantitative estimate of drug-likeness (QED) is 0.0272. The molecular weight excluding hydrogens is 1230 g/mol. The number of ether oxygens (including phenoxy) is 4. The van der Waals surface area contributed by atoms with E-state index in [0.717, 1.165) is 41.7 Å². The first-order valence-electron chi connectivity index (χ1n) is 31.5. The average molecular weight is 1320 g/mol. The molecule has 4 heterocycles. The van der Waals surface area contributed by atoms with Gasteiger partial charge in [0.15, 0.2) is 0 Å². The van der Waals surface area contributed by atoms with Gasteiger partial charge >= 0.3 is 5.97 Å². The van der Waals surface area contributed by atoms with E-state index in [-0.39, 0.29) is 95.5 Å². The number of aliphatic hydroxyl groups is 1. The van der Waals surface area contributed by atoms with Crippen LogP contribution in [0.3, 0.4) is 0 Å². The van der Waals surface area contributed by atoms with Gasteiger partial charge in [0.05, 0.1) is 56.5 Å². The Morgan fingerprint density at radius 3 is 2.13 bits per heavy atom. The standard InChI is InChI=1S/C64H89F2N11O15S/c1-3-50-37-64(65,66)42-77(50)59(83)38-70-61(86)52-15-19-67-54-14-13-51(36-53(52)54)92-32-5-7-49-16-22-76(23-17-49)63(88)56(80)41-93-35-21-69-62(87)55(18-33-89-34-20-68-57(81)8-4-6-48-11-9-47(2)10-12-48)71-58(82)39-72-24-25-73(40-60(84)85)27-29-75(44-91-46-79)31-30-74(28-26-72)43-90-45-78/h1,9-15,19,36,45-46,49-50,55-56,80H,4-8,16-18,20-35,37-44H2,2H3,(H,68,81)(H,69,87)(H,70,86)(H,71,82)(H,84,85)/t50-,55-,56+/m0/s1. The van der Waals surface area contributed by atoms with Crippen LogP contribution in [0.5, 0.6) is 5.75 Å². The maximum absolute atomic E-state index is 14.0. The number of carboxylic acid groups (broad SMARTS) is 1. The summed E-state index contributed by atoms with van der Waals surface area (Å²) in [7, 11) is 0. The number of likely N-dealkylation sites (tertiary alicyclic amines) is 2. The van der Waals surface area contributed by atoms with Crippen LogP contribution in [-0.4, -0.2) is 273 Å². The van der Waals surface area contributed by atoms with Crippen molar-refractivity contribution in [3.05, 3.63) is 71.4 Å². The van der Waals surface area contributed by atoms with Crippen LogP contribution >= 0.6 is 11.8 Å². The number of nitrogens with one attached hydrogen (secondary N) is 4. The number of alkyl halides is 2. The highest BCUT2D eigenvalue weighted by molar-refractivity contribution is 7.99. The summed E-state index contributed by atoms with van der Waals surface area (Å²) in [5, 5.41) is 32.2. The molecule has 3 aliphatic heterocycles. The minimum Gasteiger partial charge on any atom is -0.494 e. The maximum atomic E-state index is 14.0. The predicted octanol–water partition coefficient (Wildman–Crippen LogP) is 1.35. The van der Waals surface area contributed by atoms with Crippen LogP contribution in [0, 0.1) is 25.2 Å². The lowest BCUT2D eigenvalue weighted by molar-refractivity contribution is -0.140. The Kier molecular flexibility index (Phi) is 31.9. The highest BCUT2D eigenvalue weighted by Crippen LogP contribution is 2.32. The van der Waals surface area contributed by atoms with Crippen molar-refractivity contribution in [3.8, 4) is 18.1 Å². The lowest BCUT2D eigenvalue weighted by atomic mass is 9.92. The molecule has 0 radical (unpaired) electrons. The van der Waals surface area contributed by atoms with Gasteiger partial charge in [-0.25, -0.2) is 8.78 Å². The summed E-state index contributed by atoms with van der Waals surface area (Å²) < 4.78 is 49.9. The molecule has 6 rings (SSSR count). The Morgan fingerprint density at radius 2 is 1.47 bits per heavy atom. The van der Waals surface area contributed by atoms with E-state index < -0.39 is 73.2 Å². The van der Waals surface area contributed by atoms with Crippen LogP contribution in [-0.2, 0) is 59.0 Å². The second-order valence-corrected chi connectivity index (χ2v) is 24.5. The summed E-state index contributed by atoms with van der Waals surface area (Å²) in [5.41, 5.74) is 3.05. The third-order valence-electron chi connectivity index (χ3n) is 16.3. The van der Waals surface area contributed by atoms with Crippen molar-refractivity contribution in [2.24, 2.45) is 5.92 Å². The molecule has 6 amide bonds. The lowest BCUT2D eigenvalue weighted by Crippen LogP contribution is -2.52. The first-order chi connectivity index (χ1) is 44.8. The molecule has 0 unspecified atom stereocenters. The number of benzene rings is 2. The maximum Gasteiger partial charge on any atom is 0.317 e. The number of pyridine rings is 1. The Labute approximate surface area is 545 Å². The number of fused-ring (bicyclic) bond motifs is 1. The zero-order valence-corrected chi connectivity index (χ0v) is 53.7. The van der Waals surface area contributed by atoms with Crippen LogP contribution in [0.2, 0.25) is 0 Å². The Hall–Kier alpha value is -7.59. The number of rotatable bonds is 36. The van der Waals surface area contributed by atoms with E-state index in [1.807, 2.05) is 45.9 Å². The number of aromatic nitrogens is 1. The van der Waals surface area contributed by atoms with Gasteiger partial charge in [-0.15, -0.1) is 6.42 Å². The number of hydrogen-bond acceptors (Lipinski definition) is 20. The van der Waals surface area contributed by atoms with Crippen molar-refractivity contribution < 1.29 is 81.1 Å². The monoisotopic (exact) mass is 1320 g/mol. The summed E-state index contributed by atoms with van der Waals surface area (Å²) in [5.74, 6) is -3.46. The number of terminal acetylenes is 1. The molecule has 3 atom stereocenters. The number of aryl methyl sites for hydroxylation is 2. The van der Waals surface area contributed by atoms with E-state index in [4.69, 9.17) is 25.4 Å². The number of aliphatic hydroxyl groups excluding tert-OH is 1. The molecule has 1 aromatic heterocycles. The highest BCUT2D eigenvalue weighted by atomic mass is 32.2. The van der Waals surface area contributed by atoms with Crippen molar-refractivity contribution >= 4 is 77.0 Å². The second kappa shape index (κ2) is 39.8. The first-order valence-corrected chi connectivity index (χ1v) is 32.7. The first kappa shape index (κ1) is 74.4. The van der Waals surface area contributed by atoms with Crippen LogP contribution in [0.15, 0.2) is 54.7 Å². The molecule has 510 valence electrons. The number of piperidine rings is 1. The summed E-state index contributed by atoms with van der Waals surface area (Å²) >= 11 is 1.28. The Balaban J connectivity index is 0.930. The number of nitrogens with zero attached hydrogens (tertiary/aromatic N) is 7. The molecule has 3 fully saturated rings. The van der Waals surface area contributed by atoms with Crippen molar-refractivity contribution in [2.45, 2.75) is 88.8 Å². The topological polar surface area (TPSA) is 311 Å². The minimum atomic E-state index is -3.10. The van der Waals surface area contributed by atoms with Gasteiger partial charge < -0.3 is 60.2 Å². The fourth-order valence-electron chi connectivity index (χ4n) is 11.0. The average Bonchev–Trinajstić information content (AvgIpc) is 1.80. The number of halogens is 2. The molecule has 3 aromatic rings. The van der Waals surface area contributed by atoms with Gasteiger partial charge in [-0.2, -0.15) is 11.8 Å². The molecular formula is C64H89F2N11O15S. The third-order valence-corrected chi connectivity index (χ3v) is 17.3. The van der Waals surface area contributed by atoms with Crippen LogP contribution in [0.4, 0.5) is 8.78 Å². The molecule has 0 aliphatic carbocycles. The third kappa shape index (κ3) is 26.7. The SMILES string of the molecule is C#C[C@H]1CC(F)(F)CN1C(=O)CNC(=O)c1ccnc2ccc(OCCCC3CCN(C(=O)[C@H](O)CSCCNC(=O)[C@H](CCOCCNC(=O)CCCc4ccc(C)cc4)NC(=O)CN4CCN(COC=O)CCN(COC=O)CCN(CC(=O)O)CC4)CC3)cc12. The molecule has 29 heteroatoms.